The molecule has 0 aliphatic carbocycles. The summed E-state index contributed by atoms with van der Waals surface area (Å²) in [5.41, 5.74) is 0.334. The Morgan fingerprint density at radius 2 is 2.05 bits per heavy atom. The summed E-state index contributed by atoms with van der Waals surface area (Å²) in [6.45, 7) is 5.58. The second-order valence-electron chi connectivity index (χ2n) is 5.57. The van der Waals surface area contributed by atoms with Crippen molar-refractivity contribution in [2.24, 2.45) is 5.92 Å². The molecular formula is C15H20ClNO3. The fourth-order valence-electron chi connectivity index (χ4n) is 1.64. The smallest absolute Gasteiger partial charge is 0.407 e. The molecule has 4 nitrogen and oxygen atoms in total. The third kappa shape index (κ3) is 6.06. The molecule has 1 aromatic rings. The van der Waals surface area contributed by atoms with Crippen molar-refractivity contribution < 1.29 is 14.3 Å². The van der Waals surface area contributed by atoms with E-state index in [4.69, 9.17) is 16.3 Å². The molecule has 0 saturated carbocycles. The average molecular weight is 298 g/mol. The van der Waals surface area contributed by atoms with Crippen LogP contribution in [0.3, 0.4) is 0 Å². The van der Waals surface area contributed by atoms with Gasteiger partial charge in [-0.3, -0.25) is 0 Å². The molecule has 0 aliphatic rings. The fourth-order valence-corrected chi connectivity index (χ4v) is 1.86. The van der Waals surface area contributed by atoms with Gasteiger partial charge >= 0.3 is 6.09 Å². The first-order valence-corrected chi connectivity index (χ1v) is 6.85. The molecule has 0 heterocycles. The molecule has 5 heteroatoms. The van der Waals surface area contributed by atoms with E-state index in [0.717, 1.165) is 11.8 Å². The molecule has 0 fully saturated rings. The van der Waals surface area contributed by atoms with Crippen molar-refractivity contribution in [3.63, 3.8) is 0 Å². The average Bonchev–Trinajstić information content (AvgIpc) is 2.34. The number of carbonyl (C=O) groups excluding carboxylic acids is 2. The topological polar surface area (TPSA) is 55.4 Å². The highest BCUT2D eigenvalue weighted by Gasteiger charge is 2.17. The zero-order valence-corrected chi connectivity index (χ0v) is 12.7. The molecule has 1 unspecified atom stereocenters. The molecule has 0 spiro atoms. The first-order chi connectivity index (χ1) is 9.31. The Labute approximate surface area is 124 Å². The lowest BCUT2D eigenvalue weighted by Crippen LogP contribution is -2.36. The van der Waals surface area contributed by atoms with E-state index in [0.29, 0.717) is 11.4 Å². The van der Waals surface area contributed by atoms with E-state index in [1.165, 1.54) is 0 Å². The van der Waals surface area contributed by atoms with E-state index in [2.05, 4.69) is 5.32 Å². The minimum atomic E-state index is -0.552. The molecule has 0 saturated heterocycles. The van der Waals surface area contributed by atoms with Gasteiger partial charge in [0.1, 0.15) is 11.9 Å². The first kappa shape index (κ1) is 16.5. The standard InChI is InChI=1S/C15H20ClNO3/c1-15(2,3)20-14(19)17-9-11(10-18)8-12-6-4-5-7-13(12)16/h4-7,10-11H,8-9H2,1-3H3,(H,17,19). The number of carbonyl (C=O) groups is 2. The van der Waals surface area contributed by atoms with Gasteiger partial charge in [0.25, 0.3) is 0 Å². The van der Waals surface area contributed by atoms with E-state index in [9.17, 15) is 9.59 Å². The predicted octanol–water partition coefficient (Wildman–Crippen LogP) is 3.22. The lowest BCUT2D eigenvalue weighted by molar-refractivity contribution is -0.110. The molecule has 1 atom stereocenters. The van der Waals surface area contributed by atoms with Crippen molar-refractivity contribution in [1.29, 1.82) is 0 Å². The van der Waals surface area contributed by atoms with Crippen LogP contribution >= 0.6 is 11.6 Å². The number of alkyl carbamates (subject to hydrolysis) is 1. The summed E-state index contributed by atoms with van der Waals surface area (Å²) in [5.74, 6) is -0.331. The molecule has 1 amide bonds. The Balaban J connectivity index is 2.50. The second-order valence-corrected chi connectivity index (χ2v) is 5.98. The maximum atomic E-state index is 11.5. The fraction of sp³-hybridized carbons (Fsp3) is 0.467. The number of ether oxygens (including phenoxy) is 1. The molecule has 1 aromatic carbocycles. The highest BCUT2D eigenvalue weighted by atomic mass is 35.5. The second kappa shape index (κ2) is 7.29. The number of benzene rings is 1. The number of hydrogen-bond acceptors (Lipinski definition) is 3. The Bertz CT molecular complexity index is 468. The SMILES string of the molecule is CC(C)(C)OC(=O)NCC(C=O)Cc1ccccc1Cl. The maximum absolute atomic E-state index is 11.5. The van der Waals surface area contributed by atoms with Crippen LogP contribution in [-0.4, -0.2) is 24.5 Å². The summed E-state index contributed by atoms with van der Waals surface area (Å²) >= 11 is 6.05. The molecule has 0 bridgehead atoms. The Morgan fingerprint density at radius 1 is 1.40 bits per heavy atom. The van der Waals surface area contributed by atoms with Crippen molar-refractivity contribution in [3.8, 4) is 0 Å². The first-order valence-electron chi connectivity index (χ1n) is 6.47. The molecule has 0 radical (unpaired) electrons. The van der Waals surface area contributed by atoms with Gasteiger partial charge < -0.3 is 14.8 Å². The van der Waals surface area contributed by atoms with Crippen LogP contribution in [-0.2, 0) is 16.0 Å². The molecule has 0 aliphatic heterocycles. The molecule has 20 heavy (non-hydrogen) atoms. The van der Waals surface area contributed by atoms with Crippen molar-refractivity contribution >= 4 is 24.0 Å². The molecular weight excluding hydrogens is 278 g/mol. The van der Waals surface area contributed by atoms with Gasteiger partial charge in [-0.1, -0.05) is 29.8 Å². The summed E-state index contributed by atoms with van der Waals surface area (Å²) in [6.07, 6.45) is 0.781. The highest BCUT2D eigenvalue weighted by Crippen LogP contribution is 2.18. The number of nitrogens with one attached hydrogen (secondary N) is 1. The van der Waals surface area contributed by atoms with E-state index in [-0.39, 0.29) is 12.5 Å². The van der Waals surface area contributed by atoms with Gasteiger partial charge in [0.05, 0.1) is 0 Å². The van der Waals surface area contributed by atoms with E-state index >= 15 is 0 Å². The normalized spacial score (nSPS) is 12.6. The van der Waals surface area contributed by atoms with Gasteiger partial charge in [-0.25, -0.2) is 4.79 Å². The third-order valence-corrected chi connectivity index (χ3v) is 2.91. The van der Waals surface area contributed by atoms with Crippen LogP contribution in [0.15, 0.2) is 24.3 Å². The predicted molar refractivity (Wildman–Crippen MR) is 78.9 cm³/mol. The summed E-state index contributed by atoms with van der Waals surface area (Å²) < 4.78 is 5.11. The number of halogens is 1. The van der Waals surface area contributed by atoms with Crippen molar-refractivity contribution in [3.05, 3.63) is 34.9 Å². The van der Waals surface area contributed by atoms with E-state index < -0.39 is 11.7 Å². The van der Waals surface area contributed by atoms with Crippen LogP contribution in [0.5, 0.6) is 0 Å². The zero-order chi connectivity index (χ0) is 15.2. The van der Waals surface area contributed by atoms with Crippen LogP contribution in [0.25, 0.3) is 0 Å². The number of rotatable bonds is 5. The van der Waals surface area contributed by atoms with Crippen LogP contribution < -0.4 is 5.32 Å². The molecule has 1 N–H and O–H groups in total. The maximum Gasteiger partial charge on any atom is 0.407 e. The third-order valence-electron chi connectivity index (χ3n) is 2.54. The summed E-state index contributed by atoms with van der Waals surface area (Å²) in [4.78, 5) is 22.6. The lowest BCUT2D eigenvalue weighted by atomic mass is 10.0. The van der Waals surface area contributed by atoms with E-state index in [1.807, 2.05) is 18.2 Å². The summed E-state index contributed by atoms with van der Waals surface area (Å²) in [5, 5.41) is 3.22. The van der Waals surface area contributed by atoms with Gasteiger partial charge in [0, 0.05) is 17.5 Å². The van der Waals surface area contributed by atoms with Crippen molar-refractivity contribution in [2.75, 3.05) is 6.54 Å². The van der Waals surface area contributed by atoms with E-state index in [1.54, 1.807) is 26.8 Å². The van der Waals surface area contributed by atoms with Crippen LogP contribution in [0.2, 0.25) is 5.02 Å². The van der Waals surface area contributed by atoms with Gasteiger partial charge in [-0.15, -0.1) is 0 Å². The molecule has 1 rings (SSSR count). The van der Waals surface area contributed by atoms with Crippen LogP contribution in [0.1, 0.15) is 26.3 Å². The minimum absolute atomic E-state index is 0.226. The van der Waals surface area contributed by atoms with Crippen molar-refractivity contribution in [2.45, 2.75) is 32.8 Å². The quantitative estimate of drug-likeness (QED) is 0.849. The van der Waals surface area contributed by atoms with Gasteiger partial charge in [0.15, 0.2) is 0 Å². The van der Waals surface area contributed by atoms with Gasteiger partial charge in [0.2, 0.25) is 0 Å². The summed E-state index contributed by atoms with van der Waals surface area (Å²) in [6, 6.07) is 7.34. The lowest BCUT2D eigenvalue weighted by Gasteiger charge is -2.20. The van der Waals surface area contributed by atoms with Gasteiger partial charge in [-0.2, -0.15) is 0 Å². The number of amides is 1. The number of aldehydes is 1. The van der Waals surface area contributed by atoms with Gasteiger partial charge in [-0.05, 0) is 38.8 Å². The Morgan fingerprint density at radius 3 is 2.60 bits per heavy atom. The molecule has 110 valence electrons. The molecule has 0 aromatic heterocycles. The summed E-state index contributed by atoms with van der Waals surface area (Å²) in [7, 11) is 0. The zero-order valence-electron chi connectivity index (χ0n) is 12.0. The Kier molecular flexibility index (Phi) is 6.02. The van der Waals surface area contributed by atoms with Crippen LogP contribution in [0.4, 0.5) is 4.79 Å². The van der Waals surface area contributed by atoms with Crippen molar-refractivity contribution in [1.82, 2.24) is 5.32 Å². The Hall–Kier alpha value is -1.55. The monoisotopic (exact) mass is 297 g/mol. The van der Waals surface area contributed by atoms with Crippen LogP contribution in [0, 0.1) is 5.92 Å². The largest absolute Gasteiger partial charge is 0.444 e. The highest BCUT2D eigenvalue weighted by molar-refractivity contribution is 6.31. The minimum Gasteiger partial charge on any atom is -0.444 e. The number of hydrogen-bond donors (Lipinski definition) is 1.